The molecule has 0 amide bonds. The van der Waals surface area contributed by atoms with Crippen molar-refractivity contribution in [2.24, 2.45) is 5.73 Å². The van der Waals surface area contributed by atoms with E-state index in [1.165, 1.54) is 0 Å². The van der Waals surface area contributed by atoms with Crippen molar-refractivity contribution in [1.82, 2.24) is 0 Å². The molecule has 0 bridgehead atoms. The van der Waals surface area contributed by atoms with Crippen LogP contribution in [-0.2, 0) is 32.2 Å². The Labute approximate surface area is 171 Å². The van der Waals surface area contributed by atoms with Gasteiger partial charge < -0.3 is 29.8 Å². The quantitative estimate of drug-likeness (QED) is 0.597. The first-order chi connectivity index (χ1) is 14.2. The number of aliphatic hydroxyl groups is 1. The fourth-order valence-electron chi connectivity index (χ4n) is 3.30. The SMILES string of the molecule is C=CCO[C@@H]1[C@H](N)[C@@H](O)O[C@H](COCc2ccccc2)[C@H]1OCc1ccccc1. The number of rotatable bonds is 10. The van der Waals surface area contributed by atoms with E-state index >= 15 is 0 Å². The van der Waals surface area contributed by atoms with Crippen LogP contribution in [0.15, 0.2) is 73.3 Å². The van der Waals surface area contributed by atoms with Gasteiger partial charge in [0, 0.05) is 0 Å². The highest BCUT2D eigenvalue weighted by Crippen LogP contribution is 2.25. The zero-order chi connectivity index (χ0) is 20.5. The Bertz CT molecular complexity index is 727. The molecule has 1 heterocycles. The summed E-state index contributed by atoms with van der Waals surface area (Å²) in [6, 6.07) is 19.0. The topological polar surface area (TPSA) is 83.2 Å². The van der Waals surface area contributed by atoms with Crippen LogP contribution in [0.25, 0.3) is 0 Å². The summed E-state index contributed by atoms with van der Waals surface area (Å²) in [6.45, 7) is 5.04. The van der Waals surface area contributed by atoms with Crippen molar-refractivity contribution in [2.45, 2.75) is 43.9 Å². The second-order valence-electron chi connectivity index (χ2n) is 6.99. The summed E-state index contributed by atoms with van der Waals surface area (Å²) in [4.78, 5) is 0. The van der Waals surface area contributed by atoms with E-state index in [2.05, 4.69) is 6.58 Å². The second kappa shape index (κ2) is 11.2. The van der Waals surface area contributed by atoms with Gasteiger partial charge in [0.2, 0.25) is 0 Å². The third-order valence-corrected chi connectivity index (χ3v) is 4.80. The number of hydrogen-bond donors (Lipinski definition) is 2. The fourth-order valence-corrected chi connectivity index (χ4v) is 3.30. The van der Waals surface area contributed by atoms with E-state index in [4.69, 9.17) is 24.7 Å². The third kappa shape index (κ3) is 6.21. The monoisotopic (exact) mass is 399 g/mol. The van der Waals surface area contributed by atoms with Gasteiger partial charge in [-0.05, 0) is 11.1 Å². The van der Waals surface area contributed by atoms with Crippen LogP contribution in [0.2, 0.25) is 0 Å². The van der Waals surface area contributed by atoms with Crippen LogP contribution in [0.1, 0.15) is 11.1 Å². The Balaban J connectivity index is 1.67. The molecule has 1 fully saturated rings. The fraction of sp³-hybridized carbons (Fsp3) is 0.391. The van der Waals surface area contributed by atoms with E-state index in [1.807, 2.05) is 60.7 Å². The number of aliphatic hydroxyl groups excluding tert-OH is 1. The molecule has 2 aromatic carbocycles. The predicted octanol–water partition coefficient (Wildman–Crippen LogP) is 2.40. The van der Waals surface area contributed by atoms with E-state index in [0.717, 1.165) is 11.1 Å². The van der Waals surface area contributed by atoms with Crippen molar-refractivity contribution >= 4 is 0 Å². The first kappa shape index (κ1) is 21.6. The minimum Gasteiger partial charge on any atom is -0.374 e. The predicted molar refractivity (Wildman–Crippen MR) is 110 cm³/mol. The maximum Gasteiger partial charge on any atom is 0.173 e. The molecule has 5 atom stereocenters. The molecular weight excluding hydrogens is 370 g/mol. The van der Waals surface area contributed by atoms with Crippen LogP contribution in [0.5, 0.6) is 0 Å². The smallest absolute Gasteiger partial charge is 0.173 e. The Hall–Kier alpha value is -2.06. The highest BCUT2D eigenvalue weighted by molar-refractivity contribution is 5.14. The molecule has 156 valence electrons. The molecule has 1 saturated heterocycles. The minimum atomic E-state index is -1.16. The van der Waals surface area contributed by atoms with Gasteiger partial charge in [0.05, 0.1) is 32.5 Å². The third-order valence-electron chi connectivity index (χ3n) is 4.80. The first-order valence-corrected chi connectivity index (χ1v) is 9.78. The number of ether oxygens (including phenoxy) is 4. The van der Waals surface area contributed by atoms with Crippen LogP contribution in [0.4, 0.5) is 0 Å². The lowest BCUT2D eigenvalue weighted by Crippen LogP contribution is -2.63. The molecule has 1 aliphatic heterocycles. The molecule has 0 aliphatic carbocycles. The van der Waals surface area contributed by atoms with Crippen molar-refractivity contribution < 1.29 is 24.1 Å². The largest absolute Gasteiger partial charge is 0.374 e. The van der Waals surface area contributed by atoms with E-state index in [0.29, 0.717) is 19.8 Å². The highest BCUT2D eigenvalue weighted by atomic mass is 16.7. The van der Waals surface area contributed by atoms with Crippen LogP contribution in [0, 0.1) is 0 Å². The van der Waals surface area contributed by atoms with Gasteiger partial charge in [0.15, 0.2) is 6.29 Å². The van der Waals surface area contributed by atoms with Gasteiger partial charge in [-0.2, -0.15) is 0 Å². The van der Waals surface area contributed by atoms with Crippen molar-refractivity contribution in [3.63, 3.8) is 0 Å². The van der Waals surface area contributed by atoms with E-state index in [9.17, 15) is 5.11 Å². The van der Waals surface area contributed by atoms with Crippen LogP contribution < -0.4 is 5.73 Å². The van der Waals surface area contributed by atoms with Crippen LogP contribution in [-0.4, -0.2) is 49.0 Å². The summed E-state index contributed by atoms with van der Waals surface area (Å²) in [5.74, 6) is 0. The van der Waals surface area contributed by atoms with Gasteiger partial charge in [0.25, 0.3) is 0 Å². The molecule has 2 aromatic rings. The summed E-state index contributed by atoms with van der Waals surface area (Å²) in [5.41, 5.74) is 8.23. The number of benzene rings is 2. The molecule has 3 rings (SSSR count). The highest BCUT2D eigenvalue weighted by Gasteiger charge is 2.45. The molecule has 0 radical (unpaired) electrons. The standard InChI is InChI=1S/C23H29NO5/c1-2-13-27-22-20(24)23(25)29-19(16-26-14-17-9-5-3-6-10-17)21(22)28-15-18-11-7-4-8-12-18/h2-12,19-23,25H,1,13-16,24H2/t19-,20+,21-,22-,23+/m1/s1. The van der Waals surface area contributed by atoms with Gasteiger partial charge in [-0.1, -0.05) is 66.7 Å². The summed E-state index contributed by atoms with van der Waals surface area (Å²) in [7, 11) is 0. The Morgan fingerprint density at radius 3 is 2.17 bits per heavy atom. The average molecular weight is 399 g/mol. The molecule has 0 saturated carbocycles. The molecule has 0 aromatic heterocycles. The molecule has 3 N–H and O–H groups in total. The Morgan fingerprint density at radius 1 is 0.931 bits per heavy atom. The lowest BCUT2D eigenvalue weighted by molar-refractivity contribution is -0.270. The van der Waals surface area contributed by atoms with E-state index < -0.39 is 30.6 Å². The number of hydrogen-bond acceptors (Lipinski definition) is 6. The van der Waals surface area contributed by atoms with Crippen molar-refractivity contribution in [2.75, 3.05) is 13.2 Å². The zero-order valence-electron chi connectivity index (χ0n) is 16.4. The molecular formula is C23H29NO5. The van der Waals surface area contributed by atoms with Gasteiger partial charge in [-0.15, -0.1) is 6.58 Å². The van der Waals surface area contributed by atoms with Crippen molar-refractivity contribution in [1.29, 1.82) is 0 Å². The Kier molecular flexibility index (Phi) is 8.37. The summed E-state index contributed by atoms with van der Waals surface area (Å²) in [6.07, 6.45) is -1.09. The van der Waals surface area contributed by atoms with Gasteiger partial charge in [-0.25, -0.2) is 0 Å². The van der Waals surface area contributed by atoms with E-state index in [-0.39, 0.29) is 6.61 Å². The first-order valence-electron chi connectivity index (χ1n) is 9.78. The summed E-state index contributed by atoms with van der Waals surface area (Å²) < 4.78 is 23.6. The summed E-state index contributed by atoms with van der Waals surface area (Å²) >= 11 is 0. The maximum atomic E-state index is 10.3. The lowest BCUT2D eigenvalue weighted by Gasteiger charge is -2.43. The van der Waals surface area contributed by atoms with Crippen molar-refractivity contribution in [3.8, 4) is 0 Å². The molecule has 6 nitrogen and oxygen atoms in total. The molecule has 0 unspecified atom stereocenters. The molecule has 6 heteroatoms. The summed E-state index contributed by atoms with van der Waals surface area (Å²) in [5, 5.41) is 10.3. The average Bonchev–Trinajstić information content (AvgIpc) is 2.75. The Morgan fingerprint density at radius 2 is 1.55 bits per heavy atom. The van der Waals surface area contributed by atoms with Crippen LogP contribution >= 0.6 is 0 Å². The van der Waals surface area contributed by atoms with Crippen LogP contribution in [0.3, 0.4) is 0 Å². The number of nitrogens with two attached hydrogens (primary N) is 1. The van der Waals surface area contributed by atoms with Gasteiger partial charge in [0.1, 0.15) is 18.3 Å². The zero-order valence-corrected chi connectivity index (χ0v) is 16.4. The molecule has 1 aliphatic rings. The minimum absolute atomic E-state index is 0.242. The van der Waals surface area contributed by atoms with E-state index in [1.54, 1.807) is 6.08 Å². The lowest BCUT2D eigenvalue weighted by atomic mass is 9.97. The second-order valence-corrected chi connectivity index (χ2v) is 6.99. The normalized spacial score (nSPS) is 26.9. The van der Waals surface area contributed by atoms with Gasteiger partial charge in [-0.3, -0.25) is 0 Å². The van der Waals surface area contributed by atoms with Gasteiger partial charge >= 0.3 is 0 Å². The molecule has 29 heavy (non-hydrogen) atoms. The van der Waals surface area contributed by atoms with Crippen molar-refractivity contribution in [3.05, 3.63) is 84.4 Å². The molecule has 0 spiro atoms. The maximum absolute atomic E-state index is 10.3.